The third-order valence-electron chi connectivity index (χ3n) is 4.02. The van der Waals surface area contributed by atoms with E-state index in [9.17, 15) is 13.2 Å². The molecule has 0 fully saturated rings. The van der Waals surface area contributed by atoms with Gasteiger partial charge in [0.05, 0.1) is 19.1 Å². The fourth-order valence-corrected chi connectivity index (χ4v) is 3.63. The van der Waals surface area contributed by atoms with Crippen molar-refractivity contribution in [2.75, 3.05) is 30.8 Å². The van der Waals surface area contributed by atoms with Crippen molar-refractivity contribution in [2.45, 2.75) is 13.3 Å². The summed E-state index contributed by atoms with van der Waals surface area (Å²) in [6.45, 7) is 1.87. The highest BCUT2D eigenvalue weighted by atomic mass is 35.5. The zero-order valence-corrected chi connectivity index (χ0v) is 17.1. The molecule has 0 spiro atoms. The van der Waals surface area contributed by atoms with E-state index in [1.807, 2.05) is 24.3 Å². The van der Waals surface area contributed by atoms with Gasteiger partial charge in [0.25, 0.3) is 0 Å². The van der Waals surface area contributed by atoms with E-state index in [0.29, 0.717) is 23.7 Å². The third kappa shape index (κ3) is 6.15. The molecule has 6 nitrogen and oxygen atoms in total. The number of nitrogens with zero attached hydrogens (tertiary/aromatic N) is 1. The zero-order chi connectivity index (χ0) is 20.0. The van der Waals surface area contributed by atoms with E-state index >= 15 is 0 Å². The number of carbonyl (C=O) groups excluding carboxylic acids is 1. The van der Waals surface area contributed by atoms with Gasteiger partial charge in [-0.15, -0.1) is 0 Å². The van der Waals surface area contributed by atoms with Crippen LogP contribution in [0.15, 0.2) is 42.5 Å². The van der Waals surface area contributed by atoms with Crippen LogP contribution in [0.2, 0.25) is 5.02 Å². The smallest absolute Gasteiger partial charge is 0.240 e. The summed E-state index contributed by atoms with van der Waals surface area (Å²) in [5.41, 5.74) is 2.16. The number of methoxy groups -OCH3 is 1. The van der Waals surface area contributed by atoms with Crippen molar-refractivity contribution in [3.8, 4) is 5.75 Å². The highest BCUT2D eigenvalue weighted by molar-refractivity contribution is 7.92. The third-order valence-corrected chi connectivity index (χ3v) is 5.38. The van der Waals surface area contributed by atoms with Crippen LogP contribution in [-0.4, -0.2) is 40.8 Å². The van der Waals surface area contributed by atoms with Gasteiger partial charge in [0.1, 0.15) is 12.3 Å². The van der Waals surface area contributed by atoms with Crippen LogP contribution in [0.4, 0.5) is 5.69 Å². The van der Waals surface area contributed by atoms with Crippen LogP contribution in [0.3, 0.4) is 0 Å². The predicted octanol–water partition coefficient (Wildman–Crippen LogP) is 2.78. The predicted molar refractivity (Wildman–Crippen MR) is 108 cm³/mol. The van der Waals surface area contributed by atoms with Crippen molar-refractivity contribution in [3.05, 3.63) is 58.6 Å². The molecular weight excluding hydrogens is 388 g/mol. The average molecular weight is 411 g/mol. The quantitative estimate of drug-likeness (QED) is 0.726. The van der Waals surface area contributed by atoms with Crippen LogP contribution in [0.1, 0.15) is 11.1 Å². The molecule has 2 aromatic rings. The number of hydrogen-bond acceptors (Lipinski definition) is 4. The monoisotopic (exact) mass is 410 g/mol. The maximum Gasteiger partial charge on any atom is 0.240 e. The molecule has 2 aromatic carbocycles. The molecule has 0 radical (unpaired) electrons. The zero-order valence-electron chi connectivity index (χ0n) is 15.5. The van der Waals surface area contributed by atoms with Gasteiger partial charge in [0, 0.05) is 11.6 Å². The molecule has 0 aromatic heterocycles. The Morgan fingerprint density at radius 1 is 1.19 bits per heavy atom. The van der Waals surface area contributed by atoms with E-state index in [4.69, 9.17) is 16.3 Å². The van der Waals surface area contributed by atoms with E-state index in [0.717, 1.165) is 27.4 Å². The van der Waals surface area contributed by atoms with Crippen LogP contribution >= 0.6 is 11.6 Å². The summed E-state index contributed by atoms with van der Waals surface area (Å²) in [5, 5.41) is 3.16. The van der Waals surface area contributed by atoms with E-state index in [-0.39, 0.29) is 12.5 Å². The van der Waals surface area contributed by atoms with E-state index < -0.39 is 10.0 Å². The SMILES string of the molecule is COc1ccc(CCNC(=O)CN(c2cc(Cl)ccc2C)S(C)(=O)=O)cc1. The molecule has 1 amide bonds. The number of sulfonamides is 1. The van der Waals surface area contributed by atoms with Crippen molar-refractivity contribution >= 4 is 33.2 Å². The number of nitrogens with one attached hydrogen (secondary N) is 1. The summed E-state index contributed by atoms with van der Waals surface area (Å²) in [5.74, 6) is 0.386. The van der Waals surface area contributed by atoms with Gasteiger partial charge in [0.15, 0.2) is 0 Å². The largest absolute Gasteiger partial charge is 0.497 e. The number of hydrogen-bond donors (Lipinski definition) is 1. The lowest BCUT2D eigenvalue weighted by molar-refractivity contribution is -0.119. The number of carbonyl (C=O) groups is 1. The Bertz CT molecular complexity index is 898. The van der Waals surface area contributed by atoms with Crippen molar-refractivity contribution < 1.29 is 17.9 Å². The number of anilines is 1. The molecule has 27 heavy (non-hydrogen) atoms. The molecule has 0 aliphatic carbocycles. The summed E-state index contributed by atoms with van der Waals surface area (Å²) in [4.78, 5) is 12.3. The van der Waals surface area contributed by atoms with Crippen LogP contribution in [0.5, 0.6) is 5.75 Å². The van der Waals surface area contributed by atoms with Crippen LogP contribution in [-0.2, 0) is 21.2 Å². The van der Waals surface area contributed by atoms with Crippen molar-refractivity contribution in [3.63, 3.8) is 0 Å². The first-order valence-corrected chi connectivity index (χ1v) is 10.6. The van der Waals surface area contributed by atoms with Gasteiger partial charge in [0.2, 0.25) is 15.9 Å². The minimum atomic E-state index is -3.64. The van der Waals surface area contributed by atoms with E-state index in [2.05, 4.69) is 5.32 Å². The number of ether oxygens (including phenoxy) is 1. The molecule has 0 heterocycles. The lowest BCUT2D eigenvalue weighted by Gasteiger charge is -2.23. The first-order valence-electron chi connectivity index (χ1n) is 8.34. The normalized spacial score (nSPS) is 11.1. The standard InChI is InChI=1S/C19H23ClN2O4S/c1-14-4-7-16(20)12-18(14)22(27(3,24)25)13-19(23)21-11-10-15-5-8-17(26-2)9-6-15/h4-9,12H,10-11,13H2,1-3H3,(H,21,23). The highest BCUT2D eigenvalue weighted by Crippen LogP contribution is 2.26. The Kier molecular flexibility index (Phi) is 7.10. The molecule has 2 rings (SSSR count). The molecule has 0 atom stereocenters. The van der Waals surface area contributed by atoms with Gasteiger partial charge in [-0.2, -0.15) is 0 Å². The van der Waals surface area contributed by atoms with Gasteiger partial charge in [-0.05, 0) is 48.7 Å². The lowest BCUT2D eigenvalue weighted by atomic mass is 10.1. The molecule has 1 N–H and O–H groups in total. The number of aryl methyl sites for hydroxylation is 1. The summed E-state index contributed by atoms with van der Waals surface area (Å²) >= 11 is 5.99. The minimum absolute atomic E-state index is 0.303. The van der Waals surface area contributed by atoms with Gasteiger partial charge < -0.3 is 10.1 Å². The maximum atomic E-state index is 12.3. The van der Waals surface area contributed by atoms with Gasteiger partial charge in [-0.25, -0.2) is 8.42 Å². The molecule has 8 heteroatoms. The summed E-state index contributed by atoms with van der Waals surface area (Å²) < 4.78 is 30.5. The number of amides is 1. The fraction of sp³-hybridized carbons (Fsp3) is 0.316. The molecule has 0 aliphatic heterocycles. The first kappa shape index (κ1) is 21.1. The van der Waals surface area contributed by atoms with E-state index in [1.165, 1.54) is 0 Å². The second-order valence-electron chi connectivity index (χ2n) is 6.15. The van der Waals surface area contributed by atoms with Gasteiger partial charge >= 0.3 is 0 Å². The Morgan fingerprint density at radius 3 is 2.44 bits per heavy atom. The molecule has 0 saturated heterocycles. The Balaban J connectivity index is 2.00. The average Bonchev–Trinajstić information content (AvgIpc) is 2.61. The second kappa shape index (κ2) is 9.10. The van der Waals surface area contributed by atoms with Crippen molar-refractivity contribution in [1.82, 2.24) is 5.32 Å². The molecule has 0 aliphatic rings. The van der Waals surface area contributed by atoms with Crippen molar-refractivity contribution in [1.29, 1.82) is 0 Å². The number of rotatable bonds is 8. The highest BCUT2D eigenvalue weighted by Gasteiger charge is 2.22. The molecule has 146 valence electrons. The Hall–Kier alpha value is -2.25. The van der Waals surface area contributed by atoms with Crippen LogP contribution in [0, 0.1) is 6.92 Å². The molecular formula is C19H23ClN2O4S. The summed E-state index contributed by atoms with van der Waals surface area (Å²) in [7, 11) is -2.04. The summed E-state index contributed by atoms with van der Waals surface area (Å²) in [6.07, 6.45) is 1.70. The van der Waals surface area contributed by atoms with Gasteiger partial charge in [-0.1, -0.05) is 29.8 Å². The summed E-state index contributed by atoms with van der Waals surface area (Å²) in [6, 6.07) is 12.5. The molecule has 0 saturated carbocycles. The number of benzene rings is 2. The first-order chi connectivity index (χ1) is 12.7. The molecule has 0 unspecified atom stereocenters. The Labute approximate surface area is 165 Å². The minimum Gasteiger partial charge on any atom is -0.497 e. The van der Waals surface area contributed by atoms with E-state index in [1.54, 1.807) is 32.2 Å². The maximum absolute atomic E-state index is 12.3. The van der Waals surface area contributed by atoms with Gasteiger partial charge in [-0.3, -0.25) is 9.10 Å². The Morgan fingerprint density at radius 2 is 1.85 bits per heavy atom. The lowest BCUT2D eigenvalue weighted by Crippen LogP contribution is -2.41. The topological polar surface area (TPSA) is 75.7 Å². The number of halogens is 1. The van der Waals surface area contributed by atoms with Crippen LogP contribution in [0.25, 0.3) is 0 Å². The van der Waals surface area contributed by atoms with Crippen LogP contribution < -0.4 is 14.4 Å². The van der Waals surface area contributed by atoms with Crippen molar-refractivity contribution in [2.24, 2.45) is 0 Å². The molecule has 0 bridgehead atoms. The second-order valence-corrected chi connectivity index (χ2v) is 8.49. The fourth-order valence-electron chi connectivity index (χ4n) is 2.56.